The molecule has 0 aliphatic rings. The number of nitrogens with one attached hydrogen (secondary N) is 1. The average Bonchev–Trinajstić information content (AvgIpc) is 2.81. The first kappa shape index (κ1) is 23.8. The first-order valence-corrected chi connectivity index (χ1v) is 11.0. The number of aromatic nitrogens is 2. The van der Waals surface area contributed by atoms with Crippen LogP contribution in [-0.4, -0.2) is 34.8 Å². The second-order valence-electron chi connectivity index (χ2n) is 7.38. The number of carbonyl (C=O) groups is 1. The zero-order valence-corrected chi connectivity index (χ0v) is 19.0. The molecule has 1 amide bonds. The molecule has 0 atom stereocenters. The van der Waals surface area contributed by atoms with E-state index in [1.165, 1.54) is 16.8 Å². The van der Waals surface area contributed by atoms with E-state index in [0.717, 1.165) is 15.7 Å². The Hall–Kier alpha value is -3.81. The molecule has 8 heteroatoms. The topological polar surface area (TPSA) is 91.6 Å². The van der Waals surface area contributed by atoms with Crippen LogP contribution in [0.25, 0.3) is 0 Å². The summed E-state index contributed by atoms with van der Waals surface area (Å²) in [5, 5.41) is 2.78. The molecule has 1 N–H and O–H groups in total. The Morgan fingerprint density at radius 1 is 0.909 bits per heavy atom. The van der Waals surface area contributed by atoms with Gasteiger partial charge in [-0.25, -0.2) is 4.79 Å². The van der Waals surface area contributed by atoms with Gasteiger partial charge in [-0.1, -0.05) is 36.4 Å². The van der Waals surface area contributed by atoms with Crippen molar-refractivity contribution in [3.8, 4) is 11.5 Å². The molecule has 1 aromatic heterocycles. The molecule has 0 bridgehead atoms. The molecule has 2 aromatic carbocycles. The molecule has 0 unspecified atom stereocenters. The van der Waals surface area contributed by atoms with Crippen molar-refractivity contribution in [3.63, 3.8) is 0 Å². The molecule has 8 nitrogen and oxygen atoms in total. The molecule has 3 aromatic rings. The highest BCUT2D eigenvalue weighted by Gasteiger charge is 2.11. The highest BCUT2D eigenvalue weighted by atomic mass is 16.5. The number of nitrogens with zero attached hydrogens (tertiary/aromatic N) is 2. The van der Waals surface area contributed by atoms with Crippen LogP contribution in [0.15, 0.2) is 70.4 Å². The van der Waals surface area contributed by atoms with Crippen molar-refractivity contribution in [1.82, 2.24) is 14.5 Å². The van der Waals surface area contributed by atoms with E-state index in [4.69, 9.17) is 9.47 Å². The molecule has 0 saturated heterocycles. The molecule has 33 heavy (non-hydrogen) atoms. The third-order valence-electron chi connectivity index (χ3n) is 4.98. The average molecular weight is 452 g/mol. The van der Waals surface area contributed by atoms with E-state index < -0.39 is 17.2 Å². The number of rotatable bonds is 11. The smallest absolute Gasteiger partial charge is 0.331 e. The van der Waals surface area contributed by atoms with Gasteiger partial charge >= 0.3 is 5.69 Å². The molecule has 0 saturated carbocycles. The largest absolute Gasteiger partial charge is 0.490 e. The number of carbonyl (C=O) groups excluding carboxylic acids is 1. The highest BCUT2D eigenvalue weighted by molar-refractivity contribution is 5.75. The van der Waals surface area contributed by atoms with E-state index in [2.05, 4.69) is 5.32 Å². The van der Waals surface area contributed by atoms with E-state index in [-0.39, 0.29) is 6.54 Å². The molecule has 0 fully saturated rings. The van der Waals surface area contributed by atoms with E-state index in [0.29, 0.717) is 44.2 Å². The predicted molar refractivity (Wildman–Crippen MR) is 126 cm³/mol. The van der Waals surface area contributed by atoms with Crippen molar-refractivity contribution in [2.24, 2.45) is 0 Å². The summed E-state index contributed by atoms with van der Waals surface area (Å²) in [4.78, 5) is 37.4. The fourth-order valence-corrected chi connectivity index (χ4v) is 3.40. The normalized spacial score (nSPS) is 10.6. The van der Waals surface area contributed by atoms with Gasteiger partial charge in [-0.2, -0.15) is 0 Å². The lowest BCUT2D eigenvalue weighted by molar-refractivity contribution is -0.121. The Kier molecular flexibility index (Phi) is 8.46. The van der Waals surface area contributed by atoms with Gasteiger partial charge in [-0.05, 0) is 43.5 Å². The standard InChI is InChI=1S/C25H29N3O5/c1-3-32-21-11-10-19(16-22(21)33-4-2)12-14-26-23(29)18-28-24(30)13-15-27(25(28)31)17-20-8-6-5-7-9-20/h5-11,13,15-16H,3-4,12,14,17-18H2,1-2H3,(H,26,29). The van der Waals surface area contributed by atoms with Gasteiger partial charge in [0.05, 0.1) is 19.8 Å². The Morgan fingerprint density at radius 3 is 2.36 bits per heavy atom. The van der Waals surface area contributed by atoms with Gasteiger partial charge in [0.1, 0.15) is 6.54 Å². The second-order valence-corrected chi connectivity index (χ2v) is 7.38. The van der Waals surface area contributed by atoms with E-state index >= 15 is 0 Å². The molecule has 0 spiro atoms. The van der Waals surface area contributed by atoms with E-state index in [1.807, 2.05) is 62.4 Å². The van der Waals surface area contributed by atoms with Gasteiger partial charge in [-0.15, -0.1) is 0 Å². The van der Waals surface area contributed by atoms with Crippen LogP contribution in [0.4, 0.5) is 0 Å². The second kappa shape index (κ2) is 11.7. The first-order chi connectivity index (χ1) is 16.0. The Morgan fingerprint density at radius 2 is 1.64 bits per heavy atom. The summed E-state index contributed by atoms with van der Waals surface area (Å²) in [6.07, 6.45) is 2.02. The van der Waals surface area contributed by atoms with Crippen LogP contribution in [0.2, 0.25) is 0 Å². The van der Waals surface area contributed by atoms with Crippen LogP contribution < -0.4 is 26.0 Å². The minimum Gasteiger partial charge on any atom is -0.490 e. The summed E-state index contributed by atoms with van der Waals surface area (Å²) in [6.45, 7) is 5.23. The van der Waals surface area contributed by atoms with Gasteiger partial charge in [0.25, 0.3) is 5.56 Å². The van der Waals surface area contributed by atoms with E-state index in [9.17, 15) is 14.4 Å². The van der Waals surface area contributed by atoms with Crippen molar-refractivity contribution in [2.75, 3.05) is 19.8 Å². The first-order valence-electron chi connectivity index (χ1n) is 11.0. The Labute approximate surface area is 192 Å². The minimum absolute atomic E-state index is 0.321. The summed E-state index contributed by atoms with van der Waals surface area (Å²) in [6, 6.07) is 16.4. The van der Waals surface area contributed by atoms with Crippen molar-refractivity contribution < 1.29 is 14.3 Å². The number of ether oxygens (including phenoxy) is 2. The molecular weight excluding hydrogens is 422 g/mol. The summed E-state index contributed by atoms with van der Waals surface area (Å²) < 4.78 is 13.6. The molecule has 0 aliphatic carbocycles. The van der Waals surface area contributed by atoms with Crippen molar-refractivity contribution in [1.29, 1.82) is 0 Å². The van der Waals surface area contributed by atoms with Gasteiger partial charge in [0, 0.05) is 18.8 Å². The zero-order valence-electron chi connectivity index (χ0n) is 19.0. The fourth-order valence-electron chi connectivity index (χ4n) is 3.40. The summed E-state index contributed by atoms with van der Waals surface area (Å²) in [7, 11) is 0. The molecule has 0 aliphatic heterocycles. The SMILES string of the molecule is CCOc1ccc(CCNC(=O)Cn2c(=O)ccn(Cc3ccccc3)c2=O)cc1OCC. The van der Waals surface area contributed by atoms with Gasteiger partial charge in [-0.3, -0.25) is 18.7 Å². The third-order valence-corrected chi connectivity index (χ3v) is 4.98. The number of amides is 1. The maximum Gasteiger partial charge on any atom is 0.331 e. The molecule has 0 radical (unpaired) electrons. The zero-order chi connectivity index (χ0) is 23.6. The molecule has 3 rings (SSSR count). The Balaban J connectivity index is 1.61. The lowest BCUT2D eigenvalue weighted by atomic mass is 10.1. The molecule has 174 valence electrons. The van der Waals surface area contributed by atoms with Gasteiger partial charge in [0.15, 0.2) is 11.5 Å². The summed E-state index contributed by atoms with van der Waals surface area (Å²) in [5.41, 5.74) is 0.877. The number of benzene rings is 2. The maximum absolute atomic E-state index is 12.7. The minimum atomic E-state index is -0.519. The maximum atomic E-state index is 12.7. The molecule has 1 heterocycles. The van der Waals surface area contributed by atoms with E-state index in [1.54, 1.807) is 0 Å². The predicted octanol–water partition coefficient (Wildman–Crippen LogP) is 2.21. The fraction of sp³-hybridized carbons (Fsp3) is 0.320. The van der Waals surface area contributed by atoms with Gasteiger partial charge < -0.3 is 14.8 Å². The highest BCUT2D eigenvalue weighted by Crippen LogP contribution is 2.28. The van der Waals surface area contributed by atoms with Crippen LogP contribution >= 0.6 is 0 Å². The lowest BCUT2D eigenvalue weighted by Gasteiger charge is -2.13. The van der Waals surface area contributed by atoms with Crippen molar-refractivity contribution in [3.05, 3.63) is 92.8 Å². The van der Waals surface area contributed by atoms with Crippen molar-refractivity contribution >= 4 is 5.91 Å². The van der Waals surface area contributed by atoms with Crippen molar-refractivity contribution in [2.45, 2.75) is 33.4 Å². The monoisotopic (exact) mass is 451 g/mol. The van der Waals surface area contributed by atoms with Crippen LogP contribution in [-0.2, 0) is 24.3 Å². The summed E-state index contributed by atoms with van der Waals surface area (Å²) in [5.74, 6) is 0.947. The number of hydrogen-bond donors (Lipinski definition) is 1. The van der Waals surface area contributed by atoms with Gasteiger partial charge in [0.2, 0.25) is 5.91 Å². The number of hydrogen-bond acceptors (Lipinski definition) is 5. The third kappa shape index (κ3) is 6.58. The van der Waals surface area contributed by atoms with Crippen LogP contribution in [0, 0.1) is 0 Å². The van der Waals surface area contributed by atoms with Crippen LogP contribution in [0.1, 0.15) is 25.0 Å². The van der Waals surface area contributed by atoms with Crippen LogP contribution in [0.3, 0.4) is 0 Å². The molecular formula is C25H29N3O5. The van der Waals surface area contributed by atoms with Crippen LogP contribution in [0.5, 0.6) is 11.5 Å². The summed E-state index contributed by atoms with van der Waals surface area (Å²) >= 11 is 0. The lowest BCUT2D eigenvalue weighted by Crippen LogP contribution is -2.43. The Bertz CT molecular complexity index is 1180. The quantitative estimate of drug-likeness (QED) is 0.483.